The maximum Gasteiger partial charge on any atom is 0.221 e. The molecule has 112 valence electrons. The van der Waals surface area contributed by atoms with Crippen LogP contribution in [0.3, 0.4) is 0 Å². The van der Waals surface area contributed by atoms with Crippen molar-refractivity contribution in [1.29, 1.82) is 0 Å². The molecule has 0 saturated heterocycles. The maximum absolute atomic E-state index is 11.5. The van der Waals surface area contributed by atoms with E-state index >= 15 is 0 Å². The highest BCUT2D eigenvalue weighted by Crippen LogP contribution is 2.14. The largest absolute Gasteiger partial charge is 0.383 e. The fourth-order valence-electron chi connectivity index (χ4n) is 2.06. The summed E-state index contributed by atoms with van der Waals surface area (Å²) in [6.07, 6.45) is 4.13. The lowest BCUT2D eigenvalue weighted by atomic mass is 10.1. The lowest BCUT2D eigenvalue weighted by molar-refractivity contribution is -0.121. The number of benzene rings is 1. The number of amides is 1. The molecule has 1 heterocycles. The Bertz CT molecular complexity index is 586. The maximum atomic E-state index is 11.5. The van der Waals surface area contributed by atoms with Crippen LogP contribution in [0.5, 0.6) is 0 Å². The Hall–Kier alpha value is -1.98. The Kier molecular flexibility index (Phi) is 6.12. The van der Waals surface area contributed by atoms with Crippen molar-refractivity contribution >= 4 is 16.7 Å². The molecule has 5 heteroatoms. The molecule has 21 heavy (non-hydrogen) atoms. The van der Waals surface area contributed by atoms with Crippen molar-refractivity contribution in [3.8, 4) is 0 Å². The number of pyridine rings is 1. The van der Waals surface area contributed by atoms with E-state index in [2.05, 4.69) is 33.8 Å². The Balaban J connectivity index is 1.71. The van der Waals surface area contributed by atoms with Crippen LogP contribution in [-0.2, 0) is 16.1 Å². The number of ether oxygens (including phenoxy) is 1. The Morgan fingerprint density at radius 2 is 2.14 bits per heavy atom. The van der Waals surface area contributed by atoms with Crippen molar-refractivity contribution in [2.45, 2.75) is 13.0 Å². The summed E-state index contributed by atoms with van der Waals surface area (Å²) in [7, 11) is 1.62. The van der Waals surface area contributed by atoms with Gasteiger partial charge in [-0.15, -0.1) is 0 Å². The lowest BCUT2D eigenvalue weighted by Gasteiger charge is -2.07. The fourth-order valence-corrected chi connectivity index (χ4v) is 2.06. The van der Waals surface area contributed by atoms with Crippen molar-refractivity contribution in [3.05, 3.63) is 42.2 Å². The minimum Gasteiger partial charge on any atom is -0.383 e. The standard InChI is InChI=1S/C16H21N3O2/c1-21-9-8-19-16(20)5-7-17-11-13-2-3-15-12-18-6-4-14(15)10-13/h2-4,6,10,12,17H,5,7-9,11H2,1H3,(H,19,20). The van der Waals surface area contributed by atoms with Gasteiger partial charge in [-0.25, -0.2) is 0 Å². The number of fused-ring (bicyclic) bond motifs is 1. The van der Waals surface area contributed by atoms with E-state index < -0.39 is 0 Å². The quantitative estimate of drug-likeness (QED) is 0.722. The molecular formula is C16H21N3O2. The third kappa shape index (κ3) is 5.13. The molecule has 1 aromatic carbocycles. The highest BCUT2D eigenvalue weighted by atomic mass is 16.5. The molecule has 0 fully saturated rings. The smallest absolute Gasteiger partial charge is 0.221 e. The van der Waals surface area contributed by atoms with Crippen molar-refractivity contribution in [1.82, 2.24) is 15.6 Å². The van der Waals surface area contributed by atoms with Gasteiger partial charge in [0.25, 0.3) is 0 Å². The zero-order chi connectivity index (χ0) is 14.9. The van der Waals surface area contributed by atoms with Crippen LogP contribution in [0.25, 0.3) is 10.8 Å². The highest BCUT2D eigenvalue weighted by molar-refractivity contribution is 5.82. The molecule has 0 atom stereocenters. The van der Waals surface area contributed by atoms with Gasteiger partial charge in [0, 0.05) is 50.9 Å². The summed E-state index contributed by atoms with van der Waals surface area (Å²) >= 11 is 0. The number of rotatable bonds is 8. The minimum atomic E-state index is 0.0455. The predicted molar refractivity (Wildman–Crippen MR) is 83.0 cm³/mol. The molecule has 0 aliphatic heterocycles. The minimum absolute atomic E-state index is 0.0455. The molecule has 0 aliphatic rings. The monoisotopic (exact) mass is 287 g/mol. The normalized spacial score (nSPS) is 10.7. The summed E-state index contributed by atoms with van der Waals surface area (Å²) in [4.78, 5) is 15.6. The predicted octanol–water partition coefficient (Wildman–Crippen LogP) is 1.48. The van der Waals surface area contributed by atoms with E-state index in [1.165, 1.54) is 10.9 Å². The zero-order valence-electron chi connectivity index (χ0n) is 12.3. The molecule has 2 aromatic rings. The van der Waals surface area contributed by atoms with Crippen LogP contribution >= 0.6 is 0 Å². The van der Waals surface area contributed by atoms with Crippen LogP contribution in [0.2, 0.25) is 0 Å². The number of hydrogen-bond acceptors (Lipinski definition) is 4. The molecule has 5 nitrogen and oxygen atoms in total. The van der Waals surface area contributed by atoms with Gasteiger partial charge in [0.1, 0.15) is 0 Å². The Morgan fingerprint density at radius 3 is 3.00 bits per heavy atom. The highest BCUT2D eigenvalue weighted by Gasteiger charge is 2.00. The van der Waals surface area contributed by atoms with Gasteiger partial charge in [-0.3, -0.25) is 9.78 Å². The van der Waals surface area contributed by atoms with E-state index in [-0.39, 0.29) is 5.91 Å². The molecule has 0 unspecified atom stereocenters. The van der Waals surface area contributed by atoms with Crippen LogP contribution in [0.1, 0.15) is 12.0 Å². The number of hydrogen-bond donors (Lipinski definition) is 2. The number of nitrogens with one attached hydrogen (secondary N) is 2. The van der Waals surface area contributed by atoms with Crippen LogP contribution in [-0.4, -0.2) is 37.7 Å². The molecule has 1 amide bonds. The molecule has 0 bridgehead atoms. The van der Waals surface area contributed by atoms with Crippen molar-refractivity contribution in [3.63, 3.8) is 0 Å². The number of carbonyl (C=O) groups is 1. The fraction of sp³-hybridized carbons (Fsp3) is 0.375. The molecule has 2 N–H and O–H groups in total. The van der Waals surface area contributed by atoms with Crippen LogP contribution in [0.15, 0.2) is 36.7 Å². The number of carbonyl (C=O) groups excluding carboxylic acids is 1. The van der Waals surface area contributed by atoms with Crippen LogP contribution in [0.4, 0.5) is 0 Å². The summed E-state index contributed by atoms with van der Waals surface area (Å²) < 4.78 is 4.88. The zero-order valence-corrected chi connectivity index (χ0v) is 12.3. The first-order valence-corrected chi connectivity index (χ1v) is 7.08. The first kappa shape index (κ1) is 15.4. The number of methoxy groups -OCH3 is 1. The van der Waals surface area contributed by atoms with Gasteiger partial charge in [0.15, 0.2) is 0 Å². The van der Waals surface area contributed by atoms with E-state index in [9.17, 15) is 4.79 Å². The second-order valence-electron chi connectivity index (χ2n) is 4.83. The second kappa shape index (κ2) is 8.34. The summed E-state index contributed by atoms with van der Waals surface area (Å²) in [6.45, 7) is 2.52. The average Bonchev–Trinajstić information content (AvgIpc) is 2.52. The topological polar surface area (TPSA) is 63.2 Å². The van der Waals surface area contributed by atoms with Crippen LogP contribution in [0, 0.1) is 0 Å². The van der Waals surface area contributed by atoms with Crippen molar-refractivity contribution in [2.75, 3.05) is 26.8 Å². The third-order valence-electron chi connectivity index (χ3n) is 3.19. The van der Waals surface area contributed by atoms with Gasteiger partial charge in [-0.2, -0.15) is 0 Å². The number of aromatic nitrogens is 1. The molecular weight excluding hydrogens is 266 g/mol. The van der Waals surface area contributed by atoms with Crippen LogP contribution < -0.4 is 10.6 Å². The van der Waals surface area contributed by atoms with E-state index in [1.54, 1.807) is 13.3 Å². The second-order valence-corrected chi connectivity index (χ2v) is 4.83. The first-order chi connectivity index (χ1) is 10.3. The van der Waals surface area contributed by atoms with Gasteiger partial charge in [0.2, 0.25) is 5.91 Å². The first-order valence-electron chi connectivity index (χ1n) is 7.08. The third-order valence-corrected chi connectivity index (χ3v) is 3.19. The van der Waals surface area contributed by atoms with Gasteiger partial charge in [-0.05, 0) is 23.1 Å². The average molecular weight is 287 g/mol. The molecule has 0 spiro atoms. The number of nitrogens with zero attached hydrogens (tertiary/aromatic N) is 1. The SMILES string of the molecule is COCCNC(=O)CCNCc1ccc2cnccc2c1. The summed E-state index contributed by atoms with van der Waals surface area (Å²) in [5.74, 6) is 0.0455. The molecule has 0 radical (unpaired) electrons. The molecule has 0 aliphatic carbocycles. The van der Waals surface area contributed by atoms with Gasteiger partial charge in [0.05, 0.1) is 6.61 Å². The summed E-state index contributed by atoms with van der Waals surface area (Å²) in [6, 6.07) is 8.29. The van der Waals surface area contributed by atoms with E-state index in [4.69, 9.17) is 4.74 Å². The van der Waals surface area contributed by atoms with Crippen molar-refractivity contribution in [2.24, 2.45) is 0 Å². The molecule has 2 rings (SSSR count). The Labute approximate surface area is 124 Å². The van der Waals surface area contributed by atoms with Gasteiger partial charge in [-0.1, -0.05) is 12.1 Å². The summed E-state index contributed by atoms with van der Waals surface area (Å²) in [5, 5.41) is 8.40. The van der Waals surface area contributed by atoms with E-state index in [0.717, 1.165) is 11.9 Å². The Morgan fingerprint density at radius 1 is 1.24 bits per heavy atom. The van der Waals surface area contributed by atoms with Crippen molar-refractivity contribution < 1.29 is 9.53 Å². The van der Waals surface area contributed by atoms with Gasteiger partial charge < -0.3 is 15.4 Å². The van der Waals surface area contributed by atoms with E-state index in [1.807, 2.05) is 12.3 Å². The summed E-state index contributed by atoms with van der Waals surface area (Å²) in [5.41, 5.74) is 1.20. The van der Waals surface area contributed by atoms with Gasteiger partial charge >= 0.3 is 0 Å². The molecule has 0 saturated carbocycles. The van der Waals surface area contributed by atoms with E-state index in [0.29, 0.717) is 26.1 Å². The lowest BCUT2D eigenvalue weighted by Crippen LogP contribution is -2.29. The molecule has 1 aromatic heterocycles.